The van der Waals surface area contributed by atoms with Crippen LogP contribution in [-0.4, -0.2) is 54.1 Å². The average molecular weight is 417 g/mol. The molecule has 156 valence electrons. The summed E-state index contributed by atoms with van der Waals surface area (Å²) in [4.78, 5) is 26.5. The van der Waals surface area contributed by atoms with Crippen molar-refractivity contribution in [2.75, 3.05) is 38.2 Å². The number of nitrogens with zero attached hydrogens (tertiary/aromatic N) is 4. The SMILES string of the molecule is COCc1cc(N2CCCN(C(=O)c3ccc(Cl)cc3)CC2)nc(C(C)(C)C)n1. The van der Waals surface area contributed by atoms with Crippen LogP contribution in [0.15, 0.2) is 30.3 Å². The number of methoxy groups -OCH3 is 1. The molecule has 0 atom stereocenters. The van der Waals surface area contributed by atoms with Crippen LogP contribution in [0.1, 0.15) is 49.1 Å². The molecule has 0 unspecified atom stereocenters. The summed E-state index contributed by atoms with van der Waals surface area (Å²) >= 11 is 5.94. The number of hydrogen-bond donors (Lipinski definition) is 0. The number of amides is 1. The third-order valence-corrected chi connectivity index (χ3v) is 5.18. The van der Waals surface area contributed by atoms with Gasteiger partial charge in [0.1, 0.15) is 11.6 Å². The summed E-state index contributed by atoms with van der Waals surface area (Å²) in [6.45, 7) is 9.72. The molecule has 3 rings (SSSR count). The summed E-state index contributed by atoms with van der Waals surface area (Å²) in [6.07, 6.45) is 0.883. The Morgan fingerprint density at radius 2 is 1.83 bits per heavy atom. The summed E-state index contributed by atoms with van der Waals surface area (Å²) in [6, 6.07) is 9.07. The number of aromatic nitrogens is 2. The molecule has 1 fully saturated rings. The van der Waals surface area contributed by atoms with E-state index in [4.69, 9.17) is 21.3 Å². The normalized spacial score (nSPS) is 15.3. The van der Waals surface area contributed by atoms with E-state index < -0.39 is 0 Å². The molecule has 6 nitrogen and oxygen atoms in total. The molecule has 1 saturated heterocycles. The molecule has 0 saturated carbocycles. The lowest BCUT2D eigenvalue weighted by Gasteiger charge is -2.25. The molecule has 0 spiro atoms. The van der Waals surface area contributed by atoms with Crippen molar-refractivity contribution in [3.05, 3.63) is 52.4 Å². The van der Waals surface area contributed by atoms with Crippen LogP contribution in [0.3, 0.4) is 0 Å². The van der Waals surface area contributed by atoms with Gasteiger partial charge >= 0.3 is 0 Å². The van der Waals surface area contributed by atoms with Gasteiger partial charge in [0, 0.05) is 55.4 Å². The molecular formula is C22H29ClN4O2. The third kappa shape index (κ3) is 5.46. The molecule has 7 heteroatoms. The Bertz CT molecular complexity index is 849. The molecule has 2 heterocycles. The number of halogens is 1. The van der Waals surface area contributed by atoms with Gasteiger partial charge in [-0.25, -0.2) is 9.97 Å². The minimum Gasteiger partial charge on any atom is -0.378 e. The fourth-order valence-corrected chi connectivity index (χ4v) is 3.45. The second-order valence-corrected chi connectivity index (χ2v) is 8.80. The first-order valence-electron chi connectivity index (χ1n) is 9.95. The second kappa shape index (κ2) is 9.09. The van der Waals surface area contributed by atoms with Crippen molar-refractivity contribution in [3.8, 4) is 0 Å². The Balaban J connectivity index is 1.77. The fourth-order valence-electron chi connectivity index (χ4n) is 3.33. The molecule has 0 aliphatic carbocycles. The summed E-state index contributed by atoms with van der Waals surface area (Å²) < 4.78 is 5.30. The van der Waals surface area contributed by atoms with Crippen molar-refractivity contribution in [2.24, 2.45) is 0 Å². The number of carbonyl (C=O) groups excluding carboxylic acids is 1. The molecule has 1 aromatic heterocycles. The predicted octanol–water partition coefficient (Wildman–Crippen LogP) is 3.93. The van der Waals surface area contributed by atoms with Crippen molar-refractivity contribution in [1.29, 1.82) is 0 Å². The zero-order valence-corrected chi connectivity index (χ0v) is 18.4. The molecule has 2 aromatic rings. The van der Waals surface area contributed by atoms with E-state index in [1.807, 2.05) is 11.0 Å². The van der Waals surface area contributed by atoms with Crippen LogP contribution >= 0.6 is 11.6 Å². The zero-order valence-electron chi connectivity index (χ0n) is 17.6. The van der Waals surface area contributed by atoms with Crippen LogP contribution in [0.2, 0.25) is 5.02 Å². The van der Waals surface area contributed by atoms with Crippen molar-refractivity contribution >= 4 is 23.3 Å². The molecule has 1 amide bonds. The lowest BCUT2D eigenvalue weighted by Crippen LogP contribution is -2.35. The minimum absolute atomic E-state index is 0.0432. The number of rotatable bonds is 4. The van der Waals surface area contributed by atoms with Crippen molar-refractivity contribution in [2.45, 2.75) is 39.2 Å². The number of benzene rings is 1. The van der Waals surface area contributed by atoms with Crippen molar-refractivity contribution in [1.82, 2.24) is 14.9 Å². The third-order valence-electron chi connectivity index (χ3n) is 4.93. The Hall–Kier alpha value is -2.18. The van der Waals surface area contributed by atoms with E-state index in [0.717, 1.165) is 43.4 Å². The first-order chi connectivity index (χ1) is 13.8. The number of carbonyl (C=O) groups is 1. The highest BCUT2D eigenvalue weighted by molar-refractivity contribution is 6.30. The maximum Gasteiger partial charge on any atom is 0.253 e. The summed E-state index contributed by atoms with van der Waals surface area (Å²) in [5, 5.41) is 0.633. The number of ether oxygens (including phenoxy) is 1. The molecular weight excluding hydrogens is 388 g/mol. The molecule has 1 aliphatic heterocycles. The monoisotopic (exact) mass is 416 g/mol. The molecule has 1 aromatic carbocycles. The smallest absolute Gasteiger partial charge is 0.253 e. The molecule has 0 bridgehead atoms. The van der Waals surface area contributed by atoms with Crippen LogP contribution in [0.4, 0.5) is 5.82 Å². The van der Waals surface area contributed by atoms with E-state index in [0.29, 0.717) is 23.7 Å². The van der Waals surface area contributed by atoms with Crippen LogP contribution in [0.5, 0.6) is 0 Å². The molecule has 1 aliphatic rings. The summed E-state index contributed by atoms with van der Waals surface area (Å²) in [5.74, 6) is 1.75. The van der Waals surface area contributed by atoms with Gasteiger partial charge in [-0.15, -0.1) is 0 Å². The van der Waals surface area contributed by atoms with Gasteiger partial charge in [0.05, 0.1) is 12.3 Å². The fraction of sp³-hybridized carbons (Fsp3) is 0.500. The second-order valence-electron chi connectivity index (χ2n) is 8.36. The van der Waals surface area contributed by atoms with E-state index in [-0.39, 0.29) is 11.3 Å². The summed E-state index contributed by atoms with van der Waals surface area (Å²) in [7, 11) is 1.67. The Labute approximate surface area is 177 Å². The highest BCUT2D eigenvalue weighted by atomic mass is 35.5. The van der Waals surface area contributed by atoms with Gasteiger partial charge in [-0.1, -0.05) is 32.4 Å². The topological polar surface area (TPSA) is 58.6 Å². The van der Waals surface area contributed by atoms with Gasteiger partial charge in [0.15, 0.2) is 0 Å². The van der Waals surface area contributed by atoms with E-state index in [2.05, 4.69) is 30.7 Å². The average Bonchev–Trinajstić information content (AvgIpc) is 2.94. The van der Waals surface area contributed by atoms with Crippen LogP contribution in [0.25, 0.3) is 0 Å². The maximum absolute atomic E-state index is 12.9. The number of hydrogen-bond acceptors (Lipinski definition) is 5. The standard InChI is InChI=1S/C22H29ClN4O2/c1-22(2,3)21-24-18(15-29-4)14-19(25-21)26-10-5-11-27(13-12-26)20(28)16-6-8-17(23)9-7-16/h6-9,14H,5,10-13,15H2,1-4H3. The van der Waals surface area contributed by atoms with Crippen LogP contribution in [0, 0.1) is 0 Å². The van der Waals surface area contributed by atoms with Gasteiger partial charge in [-0.2, -0.15) is 0 Å². The lowest BCUT2D eigenvalue weighted by molar-refractivity contribution is 0.0767. The van der Waals surface area contributed by atoms with Gasteiger partial charge < -0.3 is 14.5 Å². The zero-order chi connectivity index (χ0) is 21.0. The molecule has 0 radical (unpaired) electrons. The van der Waals surface area contributed by atoms with Gasteiger partial charge in [-0.05, 0) is 30.7 Å². The van der Waals surface area contributed by atoms with E-state index >= 15 is 0 Å². The van der Waals surface area contributed by atoms with E-state index in [1.54, 1.807) is 31.4 Å². The molecule has 0 N–H and O–H groups in total. The highest BCUT2D eigenvalue weighted by Gasteiger charge is 2.24. The van der Waals surface area contributed by atoms with E-state index in [9.17, 15) is 4.79 Å². The van der Waals surface area contributed by atoms with Crippen molar-refractivity contribution in [3.63, 3.8) is 0 Å². The Morgan fingerprint density at radius 1 is 1.10 bits per heavy atom. The van der Waals surface area contributed by atoms with Gasteiger partial charge in [0.2, 0.25) is 0 Å². The summed E-state index contributed by atoms with van der Waals surface area (Å²) in [5.41, 5.74) is 1.39. The van der Waals surface area contributed by atoms with Gasteiger partial charge in [0.25, 0.3) is 5.91 Å². The highest BCUT2D eigenvalue weighted by Crippen LogP contribution is 2.24. The quantitative estimate of drug-likeness (QED) is 0.755. The van der Waals surface area contributed by atoms with Gasteiger partial charge in [-0.3, -0.25) is 4.79 Å². The van der Waals surface area contributed by atoms with Crippen LogP contribution in [-0.2, 0) is 16.8 Å². The minimum atomic E-state index is -0.152. The maximum atomic E-state index is 12.9. The predicted molar refractivity (Wildman–Crippen MR) is 116 cm³/mol. The Morgan fingerprint density at radius 3 is 2.48 bits per heavy atom. The lowest BCUT2D eigenvalue weighted by atomic mass is 9.95. The first-order valence-corrected chi connectivity index (χ1v) is 10.3. The van der Waals surface area contributed by atoms with Crippen molar-refractivity contribution < 1.29 is 9.53 Å². The Kier molecular flexibility index (Phi) is 6.75. The van der Waals surface area contributed by atoms with E-state index in [1.165, 1.54) is 0 Å². The van der Waals surface area contributed by atoms with Crippen LogP contribution < -0.4 is 4.90 Å². The number of anilines is 1. The largest absolute Gasteiger partial charge is 0.378 e. The first kappa shape index (κ1) is 21.5. The molecule has 29 heavy (non-hydrogen) atoms.